The van der Waals surface area contributed by atoms with Crippen LogP contribution in [0.25, 0.3) is 21.1 Å². The molecule has 0 spiro atoms. The number of rotatable bonds is 4. The Morgan fingerprint density at radius 3 is 2.89 bits per heavy atom. The summed E-state index contributed by atoms with van der Waals surface area (Å²) in [5.74, 6) is -1.03. The lowest BCUT2D eigenvalue weighted by Crippen LogP contribution is -2.29. The molecule has 2 heterocycles. The molecule has 6 nitrogen and oxygen atoms in total. The molecule has 0 saturated heterocycles. The summed E-state index contributed by atoms with van der Waals surface area (Å²) in [4.78, 5) is 30.2. The number of benzene rings is 2. The van der Waals surface area contributed by atoms with Gasteiger partial charge in [-0.3, -0.25) is 14.9 Å². The molecule has 28 heavy (non-hydrogen) atoms. The molecule has 0 aliphatic carbocycles. The van der Waals surface area contributed by atoms with Crippen molar-refractivity contribution in [2.75, 3.05) is 5.32 Å². The van der Waals surface area contributed by atoms with Crippen LogP contribution in [0.3, 0.4) is 0 Å². The molecule has 0 radical (unpaired) electrons. The molecule has 0 aliphatic heterocycles. The van der Waals surface area contributed by atoms with Crippen LogP contribution < -0.4 is 10.9 Å². The molecule has 7 heteroatoms. The Balaban J connectivity index is 1.82. The number of para-hydroxylation sites is 1. The number of allylic oxidation sites excluding steroid dienone is 1. The molecule has 0 aliphatic rings. The highest BCUT2D eigenvalue weighted by Gasteiger charge is 2.22. The molecule has 140 valence electrons. The number of carbonyl (C=O) groups excluding carboxylic acids is 1. The molecule has 0 bridgehead atoms. The highest BCUT2D eigenvalue weighted by Crippen LogP contribution is 2.29. The number of hydrogen-bond donors (Lipinski definition) is 2. The van der Waals surface area contributed by atoms with Crippen LogP contribution in [0, 0.1) is 6.92 Å². The summed E-state index contributed by atoms with van der Waals surface area (Å²) in [5, 5.41) is 14.1. The summed E-state index contributed by atoms with van der Waals surface area (Å²) in [6, 6.07) is 12.7. The van der Waals surface area contributed by atoms with E-state index in [1.54, 1.807) is 30.3 Å². The lowest BCUT2D eigenvalue weighted by Gasteiger charge is -2.13. The summed E-state index contributed by atoms with van der Waals surface area (Å²) in [6.07, 6.45) is 1.57. The van der Waals surface area contributed by atoms with E-state index in [1.165, 1.54) is 15.9 Å². The maximum absolute atomic E-state index is 12.9. The van der Waals surface area contributed by atoms with Crippen molar-refractivity contribution in [1.82, 2.24) is 9.55 Å². The van der Waals surface area contributed by atoms with Gasteiger partial charge in [0.15, 0.2) is 5.13 Å². The average molecular weight is 391 g/mol. The first kappa shape index (κ1) is 17.9. The lowest BCUT2D eigenvalue weighted by atomic mass is 10.1. The number of anilines is 1. The van der Waals surface area contributed by atoms with Crippen LogP contribution in [0.4, 0.5) is 5.13 Å². The molecule has 2 aromatic carbocycles. The summed E-state index contributed by atoms with van der Waals surface area (Å²) in [5.41, 5.74) is 1.50. The molecule has 2 aromatic heterocycles. The van der Waals surface area contributed by atoms with E-state index in [4.69, 9.17) is 0 Å². The van der Waals surface area contributed by atoms with Crippen LogP contribution in [0.5, 0.6) is 5.75 Å². The van der Waals surface area contributed by atoms with E-state index in [9.17, 15) is 14.7 Å². The Morgan fingerprint density at radius 2 is 2.11 bits per heavy atom. The van der Waals surface area contributed by atoms with Gasteiger partial charge in [0.05, 0.1) is 15.7 Å². The number of thiazole rings is 1. The van der Waals surface area contributed by atoms with Gasteiger partial charge in [-0.2, -0.15) is 0 Å². The van der Waals surface area contributed by atoms with Crippen molar-refractivity contribution in [2.45, 2.75) is 13.5 Å². The van der Waals surface area contributed by atoms with Gasteiger partial charge in [-0.1, -0.05) is 35.6 Å². The monoisotopic (exact) mass is 391 g/mol. The third-order valence-electron chi connectivity index (χ3n) is 4.45. The molecule has 0 fully saturated rings. The number of nitrogens with one attached hydrogen (secondary N) is 1. The van der Waals surface area contributed by atoms with Crippen molar-refractivity contribution in [1.29, 1.82) is 0 Å². The minimum Gasteiger partial charge on any atom is -0.506 e. The highest BCUT2D eigenvalue weighted by molar-refractivity contribution is 7.22. The number of pyridine rings is 1. The number of aryl methyl sites for hydroxylation is 1. The Morgan fingerprint density at radius 1 is 1.32 bits per heavy atom. The van der Waals surface area contributed by atoms with Gasteiger partial charge in [0.25, 0.3) is 11.5 Å². The Labute approximate surface area is 164 Å². The number of aromatic hydroxyl groups is 1. The van der Waals surface area contributed by atoms with Crippen LogP contribution in [0.1, 0.15) is 15.9 Å². The Kier molecular flexibility index (Phi) is 4.44. The van der Waals surface area contributed by atoms with E-state index in [0.29, 0.717) is 16.0 Å². The van der Waals surface area contributed by atoms with Gasteiger partial charge in [-0.15, -0.1) is 6.58 Å². The van der Waals surface area contributed by atoms with Gasteiger partial charge >= 0.3 is 0 Å². The predicted octanol–water partition coefficient (Wildman–Crippen LogP) is 4.06. The molecular weight excluding hydrogens is 374 g/mol. The zero-order chi connectivity index (χ0) is 19.8. The van der Waals surface area contributed by atoms with E-state index in [1.807, 2.05) is 25.1 Å². The number of carbonyl (C=O) groups is 1. The topological polar surface area (TPSA) is 84.2 Å². The van der Waals surface area contributed by atoms with Gasteiger partial charge in [-0.25, -0.2) is 4.98 Å². The SMILES string of the molecule is C=CCn1c(=O)c(C(=O)Nc2nc3ccc(C)cc3s2)c(O)c2ccccc21. The van der Waals surface area contributed by atoms with Gasteiger partial charge < -0.3 is 9.67 Å². The van der Waals surface area contributed by atoms with Crippen molar-refractivity contribution in [3.63, 3.8) is 0 Å². The van der Waals surface area contributed by atoms with Crippen molar-refractivity contribution in [3.05, 3.63) is 76.6 Å². The fourth-order valence-electron chi connectivity index (χ4n) is 3.15. The maximum atomic E-state index is 12.9. The number of amides is 1. The van der Waals surface area contributed by atoms with E-state index < -0.39 is 11.5 Å². The number of fused-ring (bicyclic) bond motifs is 2. The third kappa shape index (κ3) is 2.95. The minimum absolute atomic E-state index is 0.223. The zero-order valence-corrected chi connectivity index (χ0v) is 15.9. The molecule has 2 N–H and O–H groups in total. The van der Waals surface area contributed by atoms with Crippen molar-refractivity contribution in [3.8, 4) is 5.75 Å². The predicted molar refractivity (Wildman–Crippen MR) is 112 cm³/mol. The second-order valence-corrected chi connectivity index (χ2v) is 7.42. The highest BCUT2D eigenvalue weighted by atomic mass is 32.1. The fraction of sp³-hybridized carbons (Fsp3) is 0.0952. The fourth-order valence-corrected chi connectivity index (χ4v) is 4.11. The number of nitrogens with zero attached hydrogens (tertiary/aromatic N) is 2. The van der Waals surface area contributed by atoms with E-state index in [0.717, 1.165) is 15.8 Å². The molecule has 4 aromatic rings. The summed E-state index contributed by atoms with van der Waals surface area (Å²) in [6.45, 7) is 5.87. The van der Waals surface area contributed by atoms with Crippen LogP contribution in [-0.4, -0.2) is 20.6 Å². The second kappa shape index (κ2) is 6.94. The number of aromatic nitrogens is 2. The number of hydrogen-bond acceptors (Lipinski definition) is 5. The van der Waals surface area contributed by atoms with Crippen molar-refractivity contribution >= 4 is 43.5 Å². The standard InChI is InChI=1S/C21H17N3O3S/c1-3-10-24-15-7-5-4-6-13(15)18(25)17(20(24)27)19(26)23-21-22-14-9-8-12(2)11-16(14)28-21/h3-9,11,25H,1,10H2,2H3,(H,22,23,26). The molecule has 0 saturated carbocycles. The van der Waals surface area contributed by atoms with Gasteiger partial charge in [0.1, 0.15) is 11.3 Å². The van der Waals surface area contributed by atoms with E-state index in [2.05, 4.69) is 16.9 Å². The zero-order valence-electron chi connectivity index (χ0n) is 15.1. The molecule has 0 atom stereocenters. The minimum atomic E-state index is -0.693. The quantitative estimate of drug-likeness (QED) is 0.514. The summed E-state index contributed by atoms with van der Waals surface area (Å²) in [7, 11) is 0. The van der Waals surface area contributed by atoms with Crippen LogP contribution in [0.2, 0.25) is 0 Å². The first-order valence-electron chi connectivity index (χ1n) is 8.63. The van der Waals surface area contributed by atoms with Gasteiger partial charge in [-0.05, 0) is 36.8 Å². The normalized spacial score (nSPS) is 11.0. The Bertz CT molecular complexity index is 1300. The first-order valence-corrected chi connectivity index (χ1v) is 9.45. The third-order valence-corrected chi connectivity index (χ3v) is 5.38. The van der Waals surface area contributed by atoms with Crippen LogP contribution in [0.15, 0.2) is 59.9 Å². The average Bonchev–Trinajstić information content (AvgIpc) is 3.06. The van der Waals surface area contributed by atoms with Crippen LogP contribution in [-0.2, 0) is 6.54 Å². The molecule has 1 amide bonds. The maximum Gasteiger partial charge on any atom is 0.268 e. The largest absolute Gasteiger partial charge is 0.506 e. The van der Waals surface area contributed by atoms with Crippen molar-refractivity contribution in [2.24, 2.45) is 0 Å². The molecular formula is C21H17N3O3S. The van der Waals surface area contributed by atoms with Gasteiger partial charge in [0, 0.05) is 11.9 Å². The molecule has 0 unspecified atom stereocenters. The lowest BCUT2D eigenvalue weighted by molar-refractivity contribution is 0.102. The summed E-state index contributed by atoms with van der Waals surface area (Å²) >= 11 is 1.31. The van der Waals surface area contributed by atoms with E-state index in [-0.39, 0.29) is 17.9 Å². The smallest absolute Gasteiger partial charge is 0.268 e. The van der Waals surface area contributed by atoms with Crippen LogP contribution >= 0.6 is 11.3 Å². The second-order valence-electron chi connectivity index (χ2n) is 6.39. The van der Waals surface area contributed by atoms with E-state index >= 15 is 0 Å². The van der Waals surface area contributed by atoms with Crippen molar-refractivity contribution < 1.29 is 9.90 Å². The molecule has 4 rings (SSSR count). The van der Waals surface area contributed by atoms with Gasteiger partial charge in [0.2, 0.25) is 0 Å². The first-order chi connectivity index (χ1) is 13.5. The Hall–Kier alpha value is -3.45. The summed E-state index contributed by atoms with van der Waals surface area (Å²) < 4.78 is 2.35.